The van der Waals surface area contributed by atoms with Gasteiger partial charge in [-0.25, -0.2) is 0 Å². The van der Waals surface area contributed by atoms with Crippen molar-refractivity contribution in [1.29, 1.82) is 0 Å². The highest BCUT2D eigenvalue weighted by molar-refractivity contribution is 6.00. The number of ketones is 1. The maximum absolute atomic E-state index is 11.3. The minimum atomic E-state index is -0.536. The van der Waals surface area contributed by atoms with E-state index in [0.29, 0.717) is 5.75 Å². The predicted molar refractivity (Wildman–Crippen MR) is 47.0 cm³/mol. The number of fused-ring (bicyclic) bond motifs is 1. The monoisotopic (exact) mass is 192 g/mol. The van der Waals surface area contributed by atoms with Crippen molar-refractivity contribution in [3.63, 3.8) is 0 Å². The number of non-ortho nitro benzene ring substituents is 1. The third kappa shape index (κ3) is 1.32. The van der Waals surface area contributed by atoms with Crippen molar-refractivity contribution in [2.45, 2.75) is 6.42 Å². The molecule has 0 saturated heterocycles. The number of carbonyl (C=O) groups is 1. The second-order valence-corrected chi connectivity index (χ2v) is 2.85. The molecule has 0 N–H and O–H groups in total. The minimum Gasteiger partial charge on any atom is -0.485 e. The van der Waals surface area contributed by atoms with Crippen molar-refractivity contribution < 1.29 is 14.5 Å². The van der Waals surface area contributed by atoms with Gasteiger partial charge in [-0.1, -0.05) is 0 Å². The highest BCUT2D eigenvalue weighted by atomic mass is 16.6. The van der Waals surface area contributed by atoms with Crippen LogP contribution in [0.25, 0.3) is 0 Å². The zero-order valence-electron chi connectivity index (χ0n) is 7.10. The number of carbonyl (C=O) groups excluding carboxylic acids is 1. The van der Waals surface area contributed by atoms with E-state index in [2.05, 4.69) is 0 Å². The number of benzene rings is 1. The zero-order chi connectivity index (χ0) is 10.1. The van der Waals surface area contributed by atoms with Crippen molar-refractivity contribution in [3.8, 4) is 5.75 Å². The van der Waals surface area contributed by atoms with Gasteiger partial charge in [0.05, 0.1) is 16.9 Å². The van der Waals surface area contributed by atoms with Gasteiger partial charge in [0.15, 0.2) is 5.78 Å². The summed E-state index contributed by atoms with van der Waals surface area (Å²) in [5, 5.41) is 10.4. The molecule has 0 saturated carbocycles. The number of hydrogen-bond acceptors (Lipinski definition) is 4. The number of rotatable bonds is 1. The van der Waals surface area contributed by atoms with E-state index >= 15 is 0 Å². The second-order valence-electron chi connectivity index (χ2n) is 2.85. The standard InChI is InChI=1S/C9H6NO4/c11-8-3-4-14-9-2-1-6(10(12)13)5-7(8)9/h1-2,4-5H,3H2. The average molecular weight is 192 g/mol. The number of Topliss-reactive ketones (excluding diaryl/α,β-unsaturated/α-hetero) is 1. The van der Waals surface area contributed by atoms with Gasteiger partial charge in [0, 0.05) is 12.1 Å². The molecule has 2 rings (SSSR count). The molecule has 0 aromatic heterocycles. The van der Waals surface area contributed by atoms with Gasteiger partial charge < -0.3 is 4.74 Å². The summed E-state index contributed by atoms with van der Waals surface area (Å²) in [6.07, 6.45) is 0.161. The van der Waals surface area contributed by atoms with E-state index in [4.69, 9.17) is 4.74 Å². The van der Waals surface area contributed by atoms with Crippen molar-refractivity contribution in [1.82, 2.24) is 0 Å². The lowest BCUT2D eigenvalue weighted by atomic mass is 10.0. The average Bonchev–Trinajstić information content (AvgIpc) is 2.18. The van der Waals surface area contributed by atoms with Gasteiger partial charge in [-0.15, -0.1) is 0 Å². The van der Waals surface area contributed by atoms with Gasteiger partial charge in [-0.05, 0) is 6.07 Å². The molecule has 0 fully saturated rings. The number of ether oxygens (including phenoxy) is 1. The lowest BCUT2D eigenvalue weighted by molar-refractivity contribution is -0.384. The molecule has 1 aromatic rings. The normalized spacial score (nSPS) is 14.4. The molecule has 71 valence electrons. The van der Waals surface area contributed by atoms with Crippen LogP contribution >= 0.6 is 0 Å². The van der Waals surface area contributed by atoms with Crippen LogP contribution in [-0.4, -0.2) is 10.7 Å². The summed E-state index contributed by atoms with van der Waals surface area (Å²) in [6, 6.07) is 3.98. The molecule has 14 heavy (non-hydrogen) atoms. The van der Waals surface area contributed by atoms with Gasteiger partial charge in [0.2, 0.25) is 0 Å². The molecule has 0 bridgehead atoms. The van der Waals surface area contributed by atoms with Gasteiger partial charge in [-0.3, -0.25) is 14.9 Å². The van der Waals surface area contributed by atoms with E-state index in [1.165, 1.54) is 24.8 Å². The largest absolute Gasteiger partial charge is 0.485 e. The Bertz CT molecular complexity index is 413. The molecule has 1 aliphatic heterocycles. The molecule has 0 spiro atoms. The number of hydrogen-bond donors (Lipinski definition) is 0. The topological polar surface area (TPSA) is 69.4 Å². The maximum Gasteiger partial charge on any atom is 0.270 e. The molecule has 0 aliphatic carbocycles. The molecule has 1 heterocycles. The lowest BCUT2D eigenvalue weighted by Crippen LogP contribution is -2.11. The minimum absolute atomic E-state index is 0.0948. The summed E-state index contributed by atoms with van der Waals surface area (Å²) >= 11 is 0. The van der Waals surface area contributed by atoms with Gasteiger partial charge >= 0.3 is 0 Å². The molecular formula is C9H6NO4. The summed E-state index contributed by atoms with van der Waals surface area (Å²) < 4.78 is 5.06. The van der Waals surface area contributed by atoms with Crippen LogP contribution in [0.15, 0.2) is 18.2 Å². The van der Waals surface area contributed by atoms with Crippen LogP contribution < -0.4 is 4.74 Å². The molecule has 5 heteroatoms. The molecule has 1 aromatic carbocycles. The summed E-state index contributed by atoms with van der Waals surface area (Å²) in [5.41, 5.74) is 0.185. The third-order valence-electron chi connectivity index (χ3n) is 1.95. The fourth-order valence-electron chi connectivity index (χ4n) is 1.27. The summed E-state index contributed by atoms with van der Waals surface area (Å²) in [7, 11) is 0. The summed E-state index contributed by atoms with van der Waals surface area (Å²) in [6.45, 7) is 1.39. The maximum atomic E-state index is 11.3. The predicted octanol–water partition coefficient (Wildman–Crippen LogP) is 1.72. The van der Waals surface area contributed by atoms with E-state index in [1.807, 2.05) is 0 Å². The zero-order valence-corrected chi connectivity index (χ0v) is 7.10. The fraction of sp³-hybridized carbons (Fsp3) is 0.111. The number of nitro benzene ring substituents is 1. The lowest BCUT2D eigenvalue weighted by Gasteiger charge is -2.14. The first kappa shape index (κ1) is 8.68. The molecule has 1 aliphatic rings. The van der Waals surface area contributed by atoms with Crippen LogP contribution in [-0.2, 0) is 0 Å². The van der Waals surface area contributed by atoms with Crippen molar-refractivity contribution >= 4 is 11.5 Å². The van der Waals surface area contributed by atoms with Crippen LogP contribution in [0.5, 0.6) is 5.75 Å². The summed E-state index contributed by atoms with van der Waals surface area (Å²) in [5.74, 6) is 0.224. The Kier molecular flexibility index (Phi) is 1.92. The van der Waals surface area contributed by atoms with Crippen molar-refractivity contribution in [3.05, 3.63) is 40.5 Å². The SMILES string of the molecule is O=C1C[CH]Oc2ccc([N+](=O)[O-])cc21. The van der Waals surface area contributed by atoms with E-state index in [9.17, 15) is 14.9 Å². The Morgan fingerprint density at radius 2 is 2.21 bits per heavy atom. The first-order chi connectivity index (χ1) is 6.68. The van der Waals surface area contributed by atoms with Crippen LogP contribution in [0.2, 0.25) is 0 Å². The molecular weight excluding hydrogens is 186 g/mol. The Morgan fingerprint density at radius 1 is 1.43 bits per heavy atom. The van der Waals surface area contributed by atoms with E-state index in [-0.39, 0.29) is 23.5 Å². The quantitative estimate of drug-likeness (QED) is 0.501. The highest BCUT2D eigenvalue weighted by Gasteiger charge is 2.21. The molecule has 1 radical (unpaired) electrons. The van der Waals surface area contributed by atoms with Gasteiger partial charge in [0.1, 0.15) is 12.4 Å². The first-order valence-corrected chi connectivity index (χ1v) is 3.98. The molecule has 0 unspecified atom stereocenters. The van der Waals surface area contributed by atoms with Crippen molar-refractivity contribution in [2.75, 3.05) is 0 Å². The smallest absolute Gasteiger partial charge is 0.270 e. The van der Waals surface area contributed by atoms with Crippen LogP contribution in [0.3, 0.4) is 0 Å². The van der Waals surface area contributed by atoms with Crippen LogP contribution in [0.4, 0.5) is 5.69 Å². The van der Waals surface area contributed by atoms with Gasteiger partial charge in [-0.2, -0.15) is 0 Å². The molecule has 5 nitrogen and oxygen atoms in total. The van der Waals surface area contributed by atoms with E-state index in [1.54, 1.807) is 0 Å². The highest BCUT2D eigenvalue weighted by Crippen LogP contribution is 2.29. The third-order valence-corrected chi connectivity index (χ3v) is 1.95. The van der Waals surface area contributed by atoms with Crippen molar-refractivity contribution in [2.24, 2.45) is 0 Å². The van der Waals surface area contributed by atoms with Crippen LogP contribution in [0, 0.1) is 16.7 Å². The first-order valence-electron chi connectivity index (χ1n) is 3.98. The Labute approximate surface area is 79.4 Å². The fourth-order valence-corrected chi connectivity index (χ4v) is 1.27. The molecule has 0 amide bonds. The van der Waals surface area contributed by atoms with Gasteiger partial charge in [0.25, 0.3) is 5.69 Å². The number of nitro groups is 1. The van der Waals surface area contributed by atoms with E-state index < -0.39 is 4.92 Å². The Hall–Kier alpha value is -1.91. The molecule has 0 atom stereocenters. The summed E-state index contributed by atoms with van der Waals surface area (Å²) in [4.78, 5) is 21.2. The second kappa shape index (κ2) is 3.10. The van der Waals surface area contributed by atoms with E-state index in [0.717, 1.165) is 0 Å². The number of nitrogens with zero attached hydrogens (tertiary/aromatic N) is 1. The van der Waals surface area contributed by atoms with Crippen LogP contribution in [0.1, 0.15) is 16.8 Å². The Morgan fingerprint density at radius 3 is 2.93 bits per heavy atom. The Balaban J connectivity index is 2.51.